The first-order valence-electron chi connectivity index (χ1n) is 9.04. The Hall–Kier alpha value is -3.22. The van der Waals surface area contributed by atoms with Gasteiger partial charge in [0.2, 0.25) is 0 Å². The predicted octanol–water partition coefficient (Wildman–Crippen LogP) is 4.22. The fraction of sp³-hybridized carbons (Fsp3) is 0.250. The number of imidazole rings is 2. The highest BCUT2D eigenvalue weighted by molar-refractivity contribution is 5.84. The number of hydrogen-bond acceptors (Lipinski definition) is 4. The van der Waals surface area contributed by atoms with Gasteiger partial charge in [0, 0.05) is 24.5 Å². The van der Waals surface area contributed by atoms with Crippen molar-refractivity contribution in [1.29, 1.82) is 0 Å². The topological polar surface area (TPSA) is 60.6 Å². The van der Waals surface area contributed by atoms with Gasteiger partial charge in [0.25, 0.3) is 0 Å². The van der Waals surface area contributed by atoms with Crippen LogP contribution >= 0.6 is 0 Å². The second-order valence-electron chi connectivity index (χ2n) is 7.07. The Labute approximate surface area is 155 Å². The van der Waals surface area contributed by atoms with Gasteiger partial charge in [-0.1, -0.05) is 0 Å². The Morgan fingerprint density at radius 3 is 2.81 bits per heavy atom. The molecule has 1 aliphatic carbocycles. The molecule has 0 spiro atoms. The molecule has 4 aromatic rings. The molecule has 3 aromatic heterocycles. The van der Waals surface area contributed by atoms with Crippen molar-refractivity contribution >= 4 is 22.4 Å². The largest absolute Gasteiger partial charge is 0.352 e. The van der Waals surface area contributed by atoms with Gasteiger partial charge in [0.05, 0.1) is 34.9 Å². The summed E-state index contributed by atoms with van der Waals surface area (Å²) in [6, 6.07) is 5.59. The first-order valence-corrected chi connectivity index (χ1v) is 9.04. The third kappa shape index (κ3) is 2.95. The molecular formula is C20H19FN6. The number of rotatable bonds is 5. The summed E-state index contributed by atoms with van der Waals surface area (Å²) in [6.45, 7) is 2.72. The second-order valence-corrected chi connectivity index (χ2v) is 7.07. The normalized spacial score (nSPS) is 14.0. The summed E-state index contributed by atoms with van der Waals surface area (Å²) in [7, 11) is 0. The zero-order chi connectivity index (χ0) is 18.4. The van der Waals surface area contributed by atoms with Crippen LogP contribution in [-0.4, -0.2) is 24.1 Å². The Kier molecular flexibility index (Phi) is 3.67. The Bertz CT molecular complexity index is 1090. The Morgan fingerprint density at radius 1 is 1.22 bits per heavy atom. The minimum atomic E-state index is -0.280. The molecule has 0 aliphatic heterocycles. The molecule has 1 N–H and O–H groups in total. The van der Waals surface area contributed by atoms with Gasteiger partial charge in [0.15, 0.2) is 5.82 Å². The monoisotopic (exact) mass is 362 g/mol. The van der Waals surface area contributed by atoms with E-state index in [1.807, 2.05) is 35.3 Å². The minimum absolute atomic E-state index is 0.280. The SMILES string of the molecule is Cc1c(F)c(Nc2ccc(-n3ccnc3)nc2)cc2c1ncn2CC1CC1. The van der Waals surface area contributed by atoms with Crippen molar-refractivity contribution in [2.75, 3.05) is 5.32 Å². The van der Waals surface area contributed by atoms with Gasteiger partial charge in [-0.05, 0) is 43.9 Å². The summed E-state index contributed by atoms with van der Waals surface area (Å²) in [5.74, 6) is 1.20. The van der Waals surface area contributed by atoms with Gasteiger partial charge in [-0.25, -0.2) is 19.3 Å². The third-order valence-corrected chi connectivity index (χ3v) is 5.03. The van der Waals surface area contributed by atoms with Gasteiger partial charge in [-0.2, -0.15) is 0 Å². The highest BCUT2D eigenvalue weighted by atomic mass is 19.1. The van der Waals surface area contributed by atoms with Crippen LogP contribution in [0.3, 0.4) is 0 Å². The summed E-state index contributed by atoms with van der Waals surface area (Å²) in [5, 5.41) is 3.16. The number of hydrogen-bond donors (Lipinski definition) is 1. The fourth-order valence-electron chi connectivity index (χ4n) is 3.32. The number of nitrogens with one attached hydrogen (secondary N) is 1. The van der Waals surface area contributed by atoms with E-state index in [1.165, 1.54) is 12.8 Å². The first kappa shape index (κ1) is 16.0. The van der Waals surface area contributed by atoms with Crippen LogP contribution in [0.4, 0.5) is 15.8 Å². The van der Waals surface area contributed by atoms with Gasteiger partial charge in [0.1, 0.15) is 12.1 Å². The predicted molar refractivity (Wildman–Crippen MR) is 102 cm³/mol. The lowest BCUT2D eigenvalue weighted by Crippen LogP contribution is -2.01. The maximum absolute atomic E-state index is 14.9. The molecule has 7 heteroatoms. The van der Waals surface area contributed by atoms with Crippen molar-refractivity contribution < 1.29 is 4.39 Å². The molecule has 136 valence electrons. The number of pyridine rings is 1. The Balaban J connectivity index is 1.47. The van der Waals surface area contributed by atoms with Crippen molar-refractivity contribution in [3.63, 3.8) is 0 Å². The van der Waals surface area contributed by atoms with E-state index in [2.05, 4.69) is 24.8 Å². The van der Waals surface area contributed by atoms with Crippen LogP contribution in [0.5, 0.6) is 0 Å². The minimum Gasteiger partial charge on any atom is -0.352 e. The molecule has 27 heavy (non-hydrogen) atoms. The molecule has 5 rings (SSSR count). The quantitative estimate of drug-likeness (QED) is 0.577. The zero-order valence-corrected chi connectivity index (χ0v) is 14.9. The van der Waals surface area contributed by atoms with E-state index in [0.29, 0.717) is 11.3 Å². The summed E-state index contributed by atoms with van der Waals surface area (Å²) < 4.78 is 18.8. The van der Waals surface area contributed by atoms with E-state index in [-0.39, 0.29) is 5.82 Å². The summed E-state index contributed by atoms with van der Waals surface area (Å²) in [6.07, 6.45) is 11.3. The molecule has 1 aliphatic rings. The molecule has 0 atom stereocenters. The maximum atomic E-state index is 14.9. The van der Waals surface area contributed by atoms with Crippen molar-refractivity contribution in [2.45, 2.75) is 26.3 Å². The van der Waals surface area contributed by atoms with Crippen molar-refractivity contribution in [2.24, 2.45) is 5.92 Å². The molecule has 1 fully saturated rings. The molecule has 0 bridgehead atoms. The molecule has 0 amide bonds. The second kappa shape index (κ2) is 6.19. The van der Waals surface area contributed by atoms with Gasteiger partial charge in [-0.3, -0.25) is 4.57 Å². The van der Waals surface area contributed by atoms with Crippen molar-refractivity contribution in [1.82, 2.24) is 24.1 Å². The molecule has 0 unspecified atom stereocenters. The highest BCUT2D eigenvalue weighted by Crippen LogP contribution is 2.34. The molecule has 0 radical (unpaired) electrons. The average molecular weight is 362 g/mol. The molecule has 1 saturated carbocycles. The van der Waals surface area contributed by atoms with E-state index >= 15 is 0 Å². The summed E-state index contributed by atoms with van der Waals surface area (Å²) in [5.41, 5.74) is 3.42. The fourth-order valence-corrected chi connectivity index (χ4v) is 3.32. The zero-order valence-electron chi connectivity index (χ0n) is 14.9. The maximum Gasteiger partial charge on any atom is 0.151 e. The van der Waals surface area contributed by atoms with Gasteiger partial charge < -0.3 is 9.88 Å². The summed E-state index contributed by atoms with van der Waals surface area (Å²) >= 11 is 0. The standard InChI is InChI=1S/C20H19FN6/c1-13-19(21)16(8-17-20(13)24-12-27(17)10-14-2-3-14)25-15-4-5-18(23-9-15)26-7-6-22-11-26/h4-9,11-12,14,25H,2-3,10H2,1H3. The van der Waals surface area contributed by atoms with Gasteiger partial charge in [-0.15, -0.1) is 0 Å². The van der Waals surface area contributed by atoms with E-state index in [1.54, 1.807) is 25.6 Å². The molecular weight excluding hydrogens is 343 g/mol. The Morgan fingerprint density at radius 2 is 2.11 bits per heavy atom. The van der Waals surface area contributed by atoms with Crippen LogP contribution < -0.4 is 5.32 Å². The lowest BCUT2D eigenvalue weighted by molar-refractivity contribution is 0.623. The third-order valence-electron chi connectivity index (χ3n) is 5.03. The van der Waals surface area contributed by atoms with Crippen molar-refractivity contribution in [3.05, 3.63) is 60.8 Å². The number of anilines is 2. The number of nitrogens with zero attached hydrogens (tertiary/aromatic N) is 5. The van der Waals surface area contributed by atoms with Crippen LogP contribution in [0.25, 0.3) is 16.9 Å². The van der Waals surface area contributed by atoms with Crippen molar-refractivity contribution in [3.8, 4) is 5.82 Å². The molecule has 0 saturated heterocycles. The molecule has 1 aromatic carbocycles. The van der Waals surface area contributed by atoms with Crippen LogP contribution in [0, 0.1) is 18.7 Å². The highest BCUT2D eigenvalue weighted by Gasteiger charge is 2.23. The van der Waals surface area contributed by atoms with E-state index in [9.17, 15) is 4.39 Å². The van der Waals surface area contributed by atoms with Gasteiger partial charge >= 0.3 is 0 Å². The number of benzene rings is 1. The lowest BCUT2D eigenvalue weighted by atomic mass is 10.1. The number of aryl methyl sites for hydroxylation is 1. The average Bonchev–Trinajstić information content (AvgIpc) is 3.16. The van der Waals surface area contributed by atoms with E-state index in [4.69, 9.17) is 0 Å². The number of fused-ring (bicyclic) bond motifs is 1. The number of halogens is 1. The number of aromatic nitrogens is 5. The first-order chi connectivity index (χ1) is 13.2. The van der Waals surface area contributed by atoms with Crippen LogP contribution in [-0.2, 0) is 6.54 Å². The molecule has 3 heterocycles. The van der Waals surface area contributed by atoms with Crippen LogP contribution in [0.2, 0.25) is 0 Å². The summed E-state index contributed by atoms with van der Waals surface area (Å²) in [4.78, 5) is 12.8. The lowest BCUT2D eigenvalue weighted by Gasteiger charge is -2.12. The van der Waals surface area contributed by atoms with Crippen LogP contribution in [0.15, 0.2) is 49.4 Å². The van der Waals surface area contributed by atoms with Crippen LogP contribution in [0.1, 0.15) is 18.4 Å². The smallest absolute Gasteiger partial charge is 0.151 e. The van der Waals surface area contributed by atoms with E-state index < -0.39 is 0 Å². The van der Waals surface area contributed by atoms with E-state index in [0.717, 1.165) is 35.0 Å². The molecule has 6 nitrogen and oxygen atoms in total.